The first-order valence-electron chi connectivity index (χ1n) is 6.95. The molecule has 0 amide bonds. The Morgan fingerprint density at radius 1 is 1.26 bits per heavy atom. The maximum atomic E-state index is 5.50. The highest BCUT2D eigenvalue weighted by Gasteiger charge is 2.26. The summed E-state index contributed by atoms with van der Waals surface area (Å²) in [6.45, 7) is 2.37. The zero-order valence-electron chi connectivity index (χ0n) is 10.7. The van der Waals surface area contributed by atoms with Gasteiger partial charge in [0.15, 0.2) is 5.82 Å². The van der Waals surface area contributed by atoms with Gasteiger partial charge >= 0.3 is 0 Å². The van der Waals surface area contributed by atoms with Gasteiger partial charge in [0, 0.05) is 12.5 Å². The van der Waals surface area contributed by atoms with Gasteiger partial charge in [-0.25, -0.2) is 0 Å². The third-order valence-corrected chi connectivity index (χ3v) is 4.98. The fourth-order valence-corrected chi connectivity index (χ4v) is 3.86. The first kappa shape index (κ1) is 11.7. The van der Waals surface area contributed by atoms with Crippen LogP contribution < -0.4 is 5.32 Å². The highest BCUT2D eigenvalue weighted by atomic mass is 32.1. The lowest BCUT2D eigenvalue weighted by Crippen LogP contribution is -2.34. The van der Waals surface area contributed by atoms with Gasteiger partial charge in [0.2, 0.25) is 4.96 Å². The minimum absolute atomic E-state index is 0.205. The van der Waals surface area contributed by atoms with Gasteiger partial charge < -0.3 is 10.1 Å². The number of hydrogen-bond acceptors (Lipinski definition) is 6. The quantitative estimate of drug-likeness (QED) is 0.902. The molecule has 7 heteroatoms. The van der Waals surface area contributed by atoms with Crippen LogP contribution in [0.4, 0.5) is 0 Å². The third-order valence-electron chi connectivity index (χ3n) is 3.97. The van der Waals surface area contributed by atoms with Gasteiger partial charge in [0.1, 0.15) is 5.01 Å². The maximum Gasteiger partial charge on any atom is 0.234 e. The van der Waals surface area contributed by atoms with Gasteiger partial charge in [0.25, 0.3) is 0 Å². The van der Waals surface area contributed by atoms with Crippen molar-refractivity contribution >= 4 is 16.3 Å². The van der Waals surface area contributed by atoms with Crippen molar-refractivity contribution in [3.05, 3.63) is 10.8 Å². The molecule has 0 spiro atoms. The Labute approximate surface area is 115 Å². The Hall–Kier alpha value is -1.05. The molecule has 1 aliphatic heterocycles. The van der Waals surface area contributed by atoms with Crippen molar-refractivity contribution in [1.29, 1.82) is 0 Å². The SMILES string of the molecule is C1CCC(c2nnc3sc(C4COCCN4)nn23)C1. The van der Waals surface area contributed by atoms with Gasteiger partial charge in [0.05, 0.1) is 19.3 Å². The molecule has 1 unspecified atom stereocenters. The summed E-state index contributed by atoms with van der Waals surface area (Å²) in [7, 11) is 0. The third kappa shape index (κ3) is 2.05. The summed E-state index contributed by atoms with van der Waals surface area (Å²) in [5.41, 5.74) is 0. The number of aromatic nitrogens is 4. The molecule has 3 heterocycles. The molecule has 6 nitrogen and oxygen atoms in total. The summed E-state index contributed by atoms with van der Waals surface area (Å²) in [5, 5.41) is 17.8. The molecule has 2 aliphatic rings. The number of morpholine rings is 1. The zero-order valence-corrected chi connectivity index (χ0v) is 11.5. The molecule has 2 fully saturated rings. The first-order chi connectivity index (χ1) is 9.42. The second-order valence-electron chi connectivity index (χ2n) is 5.26. The number of hydrogen-bond donors (Lipinski definition) is 1. The van der Waals surface area contributed by atoms with Crippen LogP contribution in [0.5, 0.6) is 0 Å². The average molecular weight is 279 g/mol. The molecule has 4 rings (SSSR count). The monoisotopic (exact) mass is 279 g/mol. The van der Waals surface area contributed by atoms with E-state index in [1.54, 1.807) is 11.3 Å². The summed E-state index contributed by atoms with van der Waals surface area (Å²) in [6, 6.07) is 0.205. The molecule has 0 radical (unpaired) electrons. The molecule has 1 saturated heterocycles. The standard InChI is InChI=1S/C12H17N5OS/c1-2-4-8(3-1)10-14-15-12-17(10)16-11(19-12)9-7-18-6-5-13-9/h8-9,13H,1-7H2. The minimum atomic E-state index is 0.205. The topological polar surface area (TPSA) is 64.3 Å². The molecule has 0 bridgehead atoms. The van der Waals surface area contributed by atoms with Crippen molar-refractivity contribution in [2.75, 3.05) is 19.8 Å². The van der Waals surface area contributed by atoms with Crippen LogP contribution in [0.3, 0.4) is 0 Å². The van der Waals surface area contributed by atoms with E-state index in [0.29, 0.717) is 12.5 Å². The fourth-order valence-electron chi connectivity index (χ4n) is 2.95. The highest BCUT2D eigenvalue weighted by Crippen LogP contribution is 2.34. The predicted molar refractivity (Wildman–Crippen MR) is 71.4 cm³/mol. The van der Waals surface area contributed by atoms with E-state index in [2.05, 4.69) is 15.5 Å². The second kappa shape index (κ2) is 4.81. The van der Waals surface area contributed by atoms with Crippen LogP contribution in [0.2, 0.25) is 0 Å². The van der Waals surface area contributed by atoms with E-state index in [-0.39, 0.29) is 6.04 Å². The fraction of sp³-hybridized carbons (Fsp3) is 0.750. The normalized spacial score (nSPS) is 25.4. The molecule has 19 heavy (non-hydrogen) atoms. The lowest BCUT2D eigenvalue weighted by molar-refractivity contribution is 0.0765. The van der Waals surface area contributed by atoms with E-state index in [1.807, 2.05) is 4.52 Å². The van der Waals surface area contributed by atoms with Crippen LogP contribution in [-0.4, -0.2) is 39.6 Å². The van der Waals surface area contributed by atoms with Crippen molar-refractivity contribution in [2.45, 2.75) is 37.6 Å². The molecule has 2 aromatic heterocycles. The number of rotatable bonds is 2. The maximum absolute atomic E-state index is 5.50. The lowest BCUT2D eigenvalue weighted by Gasteiger charge is -2.21. The number of ether oxygens (including phenoxy) is 1. The molecule has 1 aliphatic carbocycles. The summed E-state index contributed by atoms with van der Waals surface area (Å²) >= 11 is 1.62. The van der Waals surface area contributed by atoms with E-state index in [9.17, 15) is 0 Å². The van der Waals surface area contributed by atoms with Crippen molar-refractivity contribution in [1.82, 2.24) is 25.1 Å². The smallest absolute Gasteiger partial charge is 0.234 e. The number of nitrogens with one attached hydrogen (secondary N) is 1. The average Bonchev–Trinajstić information content (AvgIpc) is 3.15. The molecule has 1 N–H and O–H groups in total. The highest BCUT2D eigenvalue weighted by molar-refractivity contribution is 7.16. The zero-order chi connectivity index (χ0) is 12.7. The van der Waals surface area contributed by atoms with Crippen LogP contribution in [-0.2, 0) is 4.74 Å². The molecule has 1 saturated carbocycles. The summed E-state index contributed by atoms with van der Waals surface area (Å²) < 4.78 is 7.45. The molecular formula is C12H17N5OS. The van der Waals surface area contributed by atoms with Crippen LogP contribution in [0, 0.1) is 0 Å². The van der Waals surface area contributed by atoms with Gasteiger partial charge in [-0.05, 0) is 12.8 Å². The molecule has 102 valence electrons. The van der Waals surface area contributed by atoms with Crippen molar-refractivity contribution < 1.29 is 4.74 Å². The van der Waals surface area contributed by atoms with Gasteiger partial charge in [-0.2, -0.15) is 9.61 Å². The summed E-state index contributed by atoms with van der Waals surface area (Å²) in [5.74, 6) is 1.59. The summed E-state index contributed by atoms with van der Waals surface area (Å²) in [4.78, 5) is 0.907. The molecule has 2 aromatic rings. The Balaban J connectivity index is 1.67. The second-order valence-corrected chi connectivity index (χ2v) is 6.24. The van der Waals surface area contributed by atoms with E-state index in [1.165, 1.54) is 25.7 Å². The van der Waals surface area contributed by atoms with Crippen LogP contribution >= 0.6 is 11.3 Å². The first-order valence-corrected chi connectivity index (χ1v) is 7.76. The van der Waals surface area contributed by atoms with E-state index in [0.717, 1.165) is 28.9 Å². The minimum Gasteiger partial charge on any atom is -0.378 e. The Morgan fingerprint density at radius 2 is 2.16 bits per heavy atom. The van der Waals surface area contributed by atoms with Crippen molar-refractivity contribution in [3.63, 3.8) is 0 Å². The molecule has 1 atom stereocenters. The van der Waals surface area contributed by atoms with E-state index < -0.39 is 0 Å². The number of nitrogens with zero attached hydrogens (tertiary/aromatic N) is 4. The largest absolute Gasteiger partial charge is 0.378 e. The summed E-state index contributed by atoms with van der Waals surface area (Å²) in [6.07, 6.45) is 5.04. The van der Waals surface area contributed by atoms with Gasteiger partial charge in [-0.3, -0.25) is 0 Å². The Bertz CT molecular complexity index is 568. The Kier molecular flexibility index (Phi) is 2.97. The van der Waals surface area contributed by atoms with E-state index in [4.69, 9.17) is 9.84 Å². The predicted octanol–water partition coefficient (Wildman–Crippen LogP) is 1.50. The Morgan fingerprint density at radius 3 is 2.95 bits per heavy atom. The van der Waals surface area contributed by atoms with Crippen molar-refractivity contribution in [2.24, 2.45) is 0 Å². The number of fused-ring (bicyclic) bond motifs is 1. The van der Waals surface area contributed by atoms with E-state index >= 15 is 0 Å². The molecule has 0 aromatic carbocycles. The molecular weight excluding hydrogens is 262 g/mol. The van der Waals surface area contributed by atoms with Crippen LogP contribution in [0.15, 0.2) is 0 Å². The van der Waals surface area contributed by atoms with Gasteiger partial charge in [-0.15, -0.1) is 10.2 Å². The lowest BCUT2D eigenvalue weighted by atomic mass is 10.1. The van der Waals surface area contributed by atoms with Crippen LogP contribution in [0.1, 0.15) is 48.5 Å². The van der Waals surface area contributed by atoms with Crippen molar-refractivity contribution in [3.8, 4) is 0 Å². The van der Waals surface area contributed by atoms with Gasteiger partial charge in [-0.1, -0.05) is 24.2 Å². The van der Waals surface area contributed by atoms with Crippen LogP contribution in [0.25, 0.3) is 4.96 Å².